The lowest BCUT2D eigenvalue weighted by molar-refractivity contribution is -0.119. The van der Waals surface area contributed by atoms with Gasteiger partial charge in [0.05, 0.1) is 0 Å². The van der Waals surface area contributed by atoms with E-state index in [4.69, 9.17) is 0 Å². The lowest BCUT2D eigenvalue weighted by Gasteiger charge is -2.03. The van der Waals surface area contributed by atoms with Gasteiger partial charge in [-0.1, -0.05) is 0 Å². The second-order valence-corrected chi connectivity index (χ2v) is 1.72. The van der Waals surface area contributed by atoms with Crippen molar-refractivity contribution in [2.75, 3.05) is 0 Å². The standard InChI is InChI=1S/C6H7NO3/c1-5(10)7-6(4-9)2-3-8/h6H,2H2,1H3,(H,7,10)/t6-/m1/s1. The first-order chi connectivity index (χ1) is 4.70. The van der Waals surface area contributed by atoms with E-state index in [9.17, 15) is 14.4 Å². The SMILES string of the molecule is CC(=O)N[C@@H]([C]=O)C[C]=O. The minimum absolute atomic E-state index is 0.136. The van der Waals surface area contributed by atoms with Crippen LogP contribution in [0, 0.1) is 0 Å². The van der Waals surface area contributed by atoms with Crippen LogP contribution >= 0.6 is 0 Å². The average molecular weight is 141 g/mol. The molecule has 4 nitrogen and oxygen atoms in total. The molecule has 0 aromatic carbocycles. The third-order valence-electron chi connectivity index (χ3n) is 0.807. The van der Waals surface area contributed by atoms with E-state index in [0.717, 1.165) is 0 Å². The molecule has 1 N–H and O–H groups in total. The van der Waals surface area contributed by atoms with Gasteiger partial charge in [-0.05, 0) is 0 Å². The highest BCUT2D eigenvalue weighted by Gasteiger charge is 2.07. The van der Waals surface area contributed by atoms with Crippen molar-refractivity contribution < 1.29 is 14.4 Å². The van der Waals surface area contributed by atoms with Gasteiger partial charge in [-0.2, -0.15) is 0 Å². The predicted molar refractivity (Wildman–Crippen MR) is 33.6 cm³/mol. The highest BCUT2D eigenvalue weighted by Crippen LogP contribution is 1.82. The lowest BCUT2D eigenvalue weighted by atomic mass is 10.2. The molecule has 0 heterocycles. The molecule has 0 saturated heterocycles. The van der Waals surface area contributed by atoms with Crippen molar-refractivity contribution >= 4 is 18.5 Å². The predicted octanol–water partition coefficient (Wildman–Crippen LogP) is -0.899. The Morgan fingerprint density at radius 1 is 1.60 bits per heavy atom. The fourth-order valence-electron chi connectivity index (χ4n) is 0.451. The maximum atomic E-state index is 10.3. The van der Waals surface area contributed by atoms with Gasteiger partial charge < -0.3 is 5.32 Å². The fourth-order valence-corrected chi connectivity index (χ4v) is 0.451. The van der Waals surface area contributed by atoms with Gasteiger partial charge >= 0.3 is 0 Å². The topological polar surface area (TPSA) is 63.2 Å². The van der Waals surface area contributed by atoms with Gasteiger partial charge in [0.2, 0.25) is 18.5 Å². The van der Waals surface area contributed by atoms with Gasteiger partial charge in [0, 0.05) is 13.3 Å². The van der Waals surface area contributed by atoms with Crippen LogP contribution in [0.5, 0.6) is 0 Å². The molecule has 0 fully saturated rings. The lowest BCUT2D eigenvalue weighted by Crippen LogP contribution is -2.34. The monoisotopic (exact) mass is 141 g/mol. The summed E-state index contributed by atoms with van der Waals surface area (Å²) >= 11 is 0. The average Bonchev–Trinajstić information content (AvgIpc) is 1.86. The summed E-state index contributed by atoms with van der Waals surface area (Å²) in [6, 6.07) is -0.838. The highest BCUT2D eigenvalue weighted by atomic mass is 16.2. The van der Waals surface area contributed by atoms with Crippen LogP contribution in [0.15, 0.2) is 0 Å². The van der Waals surface area contributed by atoms with Crippen LogP contribution in [0.1, 0.15) is 13.3 Å². The normalized spacial score (nSPS) is 11.7. The van der Waals surface area contributed by atoms with E-state index >= 15 is 0 Å². The molecular formula is C6H7NO3. The zero-order valence-electron chi connectivity index (χ0n) is 5.51. The van der Waals surface area contributed by atoms with E-state index in [2.05, 4.69) is 5.32 Å². The van der Waals surface area contributed by atoms with E-state index in [1.54, 1.807) is 0 Å². The first-order valence-corrected chi connectivity index (χ1v) is 2.70. The van der Waals surface area contributed by atoms with Crippen LogP contribution in [0.2, 0.25) is 0 Å². The molecule has 0 aliphatic rings. The zero-order valence-corrected chi connectivity index (χ0v) is 5.51. The maximum absolute atomic E-state index is 10.3. The molecule has 2 radical (unpaired) electrons. The van der Waals surface area contributed by atoms with Gasteiger partial charge in [0.25, 0.3) is 0 Å². The Morgan fingerprint density at radius 2 is 2.20 bits per heavy atom. The number of carbonyl (C=O) groups excluding carboxylic acids is 3. The minimum atomic E-state index is -0.838. The van der Waals surface area contributed by atoms with Crippen molar-refractivity contribution in [2.24, 2.45) is 0 Å². The van der Waals surface area contributed by atoms with Gasteiger partial charge in [-0.25, -0.2) is 0 Å². The molecule has 0 aromatic rings. The van der Waals surface area contributed by atoms with E-state index in [0.29, 0.717) is 0 Å². The summed E-state index contributed by atoms with van der Waals surface area (Å²) in [5.41, 5.74) is 0. The van der Waals surface area contributed by atoms with Gasteiger partial charge in [0.15, 0.2) is 0 Å². The smallest absolute Gasteiger partial charge is 0.223 e. The third-order valence-corrected chi connectivity index (χ3v) is 0.807. The minimum Gasteiger partial charge on any atom is -0.346 e. The van der Waals surface area contributed by atoms with Crippen molar-refractivity contribution in [3.63, 3.8) is 0 Å². The Kier molecular flexibility index (Phi) is 4.11. The van der Waals surface area contributed by atoms with Crippen LogP contribution in [-0.2, 0) is 14.4 Å². The molecule has 0 spiro atoms. The molecule has 1 amide bonds. The van der Waals surface area contributed by atoms with Crippen molar-refractivity contribution in [3.8, 4) is 0 Å². The van der Waals surface area contributed by atoms with Crippen LogP contribution in [0.3, 0.4) is 0 Å². The Morgan fingerprint density at radius 3 is 2.50 bits per heavy atom. The molecule has 0 rings (SSSR count). The van der Waals surface area contributed by atoms with Crippen LogP contribution in [0.4, 0.5) is 0 Å². The summed E-state index contributed by atoms with van der Waals surface area (Å²) in [7, 11) is 0. The largest absolute Gasteiger partial charge is 0.346 e. The second-order valence-electron chi connectivity index (χ2n) is 1.72. The van der Waals surface area contributed by atoms with Crippen molar-refractivity contribution in [2.45, 2.75) is 19.4 Å². The summed E-state index contributed by atoms with van der Waals surface area (Å²) in [6.07, 6.45) is 2.85. The Labute approximate surface area is 58.6 Å². The number of carbonyl (C=O) groups is 1. The number of amides is 1. The van der Waals surface area contributed by atoms with E-state index < -0.39 is 6.04 Å². The molecule has 10 heavy (non-hydrogen) atoms. The molecule has 0 aromatic heterocycles. The van der Waals surface area contributed by atoms with E-state index in [1.165, 1.54) is 19.5 Å². The van der Waals surface area contributed by atoms with Crippen molar-refractivity contribution in [1.29, 1.82) is 0 Å². The summed E-state index contributed by atoms with van der Waals surface area (Å²) in [5, 5.41) is 2.21. The fraction of sp³-hybridized carbons (Fsp3) is 0.500. The quantitative estimate of drug-likeness (QED) is 0.551. The number of hydrogen-bond acceptors (Lipinski definition) is 3. The Hall–Kier alpha value is -1.19. The highest BCUT2D eigenvalue weighted by molar-refractivity contribution is 5.78. The first-order valence-electron chi connectivity index (χ1n) is 2.70. The van der Waals surface area contributed by atoms with E-state index in [-0.39, 0.29) is 12.3 Å². The molecule has 0 saturated carbocycles. The van der Waals surface area contributed by atoms with Crippen LogP contribution in [-0.4, -0.2) is 24.5 Å². The van der Waals surface area contributed by atoms with Crippen molar-refractivity contribution in [3.05, 3.63) is 0 Å². The summed E-state index contributed by atoms with van der Waals surface area (Å²) in [4.78, 5) is 29.9. The summed E-state index contributed by atoms with van der Waals surface area (Å²) in [5.74, 6) is -0.358. The van der Waals surface area contributed by atoms with Gasteiger partial charge in [-0.3, -0.25) is 14.4 Å². The zero-order chi connectivity index (χ0) is 7.98. The number of nitrogens with one attached hydrogen (secondary N) is 1. The molecule has 0 aliphatic heterocycles. The van der Waals surface area contributed by atoms with Crippen molar-refractivity contribution in [1.82, 2.24) is 5.32 Å². The molecule has 0 bridgehead atoms. The summed E-state index contributed by atoms with van der Waals surface area (Å²) < 4.78 is 0. The molecular weight excluding hydrogens is 134 g/mol. The third kappa shape index (κ3) is 3.77. The maximum Gasteiger partial charge on any atom is 0.223 e. The van der Waals surface area contributed by atoms with Crippen LogP contribution < -0.4 is 5.32 Å². The first kappa shape index (κ1) is 8.81. The van der Waals surface area contributed by atoms with Gasteiger partial charge in [-0.15, -0.1) is 0 Å². The Bertz CT molecular complexity index is 144. The van der Waals surface area contributed by atoms with Crippen LogP contribution in [0.25, 0.3) is 0 Å². The summed E-state index contributed by atoms with van der Waals surface area (Å²) in [6.45, 7) is 1.26. The molecule has 4 heteroatoms. The van der Waals surface area contributed by atoms with E-state index in [1.807, 2.05) is 0 Å². The molecule has 54 valence electrons. The Balaban J connectivity index is 3.70. The molecule has 0 unspecified atom stereocenters. The van der Waals surface area contributed by atoms with Gasteiger partial charge in [0.1, 0.15) is 6.04 Å². The molecule has 1 atom stereocenters. The molecule has 0 aliphatic carbocycles. The number of rotatable bonds is 4. The second kappa shape index (κ2) is 4.67. The number of hydrogen-bond donors (Lipinski definition) is 1.